The number of halogens is 2. The first-order valence-electron chi connectivity index (χ1n) is 13.2. The van der Waals surface area contributed by atoms with Gasteiger partial charge in [-0.25, -0.2) is 19.2 Å². The Morgan fingerprint density at radius 1 is 1.14 bits per heavy atom. The number of nitrogens with zero attached hydrogens (tertiary/aromatic N) is 2. The summed E-state index contributed by atoms with van der Waals surface area (Å²) in [6.07, 6.45) is 3.70. The maximum atomic E-state index is 14.2. The first-order chi connectivity index (χ1) is 17.9. The molecule has 3 aliphatic rings. The third-order valence-corrected chi connectivity index (χ3v) is 9.25. The van der Waals surface area contributed by atoms with Crippen molar-refractivity contribution in [2.24, 2.45) is 17.8 Å². The number of hydrogen-bond acceptors (Lipinski definition) is 6. The fourth-order valence-electron chi connectivity index (χ4n) is 6.72. The van der Waals surface area contributed by atoms with Crippen LogP contribution in [0.3, 0.4) is 0 Å². The van der Waals surface area contributed by atoms with Gasteiger partial charge in [0.05, 0.1) is 21.8 Å². The van der Waals surface area contributed by atoms with Gasteiger partial charge in [0, 0.05) is 36.7 Å². The lowest BCUT2D eigenvalue weighted by Crippen LogP contribution is -2.52. The minimum atomic E-state index is -0.492. The number of hydrazine groups is 1. The fraction of sp³-hybridized carbons (Fsp3) is 0.500. The van der Waals surface area contributed by atoms with Gasteiger partial charge in [0.25, 0.3) is 0 Å². The minimum absolute atomic E-state index is 0.0202. The molecule has 3 fully saturated rings. The summed E-state index contributed by atoms with van der Waals surface area (Å²) in [7, 11) is 2.01. The second kappa shape index (κ2) is 10.4. The molecule has 3 heterocycles. The highest BCUT2D eigenvalue weighted by Gasteiger charge is 2.43. The van der Waals surface area contributed by atoms with Gasteiger partial charge in [0.15, 0.2) is 0 Å². The molecular weight excluding hydrogens is 492 g/mol. The highest BCUT2D eigenvalue weighted by molar-refractivity contribution is 7.16. The Bertz CT molecular complexity index is 1260. The maximum Gasteiger partial charge on any atom is 0.223 e. The Hall–Kier alpha value is -2.46. The summed E-state index contributed by atoms with van der Waals surface area (Å²) < 4.78 is 29.7. The lowest BCUT2D eigenvalue weighted by Gasteiger charge is -2.38. The normalized spacial score (nSPS) is 30.4. The number of piperidine rings is 1. The zero-order valence-corrected chi connectivity index (χ0v) is 21.7. The number of likely N-dealkylation sites (tertiary alicyclic amines) is 1. The summed E-state index contributed by atoms with van der Waals surface area (Å²) in [6.45, 7) is 1.51. The Balaban J connectivity index is 1.10. The van der Waals surface area contributed by atoms with E-state index in [0.717, 1.165) is 44.3 Å². The zero-order chi connectivity index (χ0) is 25.5. The number of carbonyl (C=O) groups is 1. The van der Waals surface area contributed by atoms with Gasteiger partial charge in [0.1, 0.15) is 11.6 Å². The summed E-state index contributed by atoms with van der Waals surface area (Å²) in [6, 6.07) is 11.0. The third kappa shape index (κ3) is 5.14. The van der Waals surface area contributed by atoms with Crippen LogP contribution < -0.4 is 16.2 Å². The van der Waals surface area contributed by atoms with Crippen molar-refractivity contribution < 1.29 is 13.6 Å². The molecule has 1 saturated carbocycles. The molecule has 1 amide bonds. The molecule has 2 aliphatic heterocycles. The summed E-state index contributed by atoms with van der Waals surface area (Å²) in [4.78, 5) is 20.0. The molecular formula is C28H33F2N5OS. The van der Waals surface area contributed by atoms with Crippen LogP contribution >= 0.6 is 11.3 Å². The van der Waals surface area contributed by atoms with Gasteiger partial charge in [-0.3, -0.25) is 10.2 Å². The summed E-state index contributed by atoms with van der Waals surface area (Å²) in [5.74, 6) is -0.492. The molecule has 37 heavy (non-hydrogen) atoms. The van der Waals surface area contributed by atoms with Crippen LogP contribution in [0.1, 0.15) is 42.9 Å². The van der Waals surface area contributed by atoms with Crippen molar-refractivity contribution in [1.29, 1.82) is 0 Å². The molecule has 6 atom stereocenters. The van der Waals surface area contributed by atoms with Crippen molar-refractivity contribution in [3.63, 3.8) is 0 Å². The van der Waals surface area contributed by atoms with E-state index in [0.29, 0.717) is 18.4 Å². The van der Waals surface area contributed by atoms with Crippen LogP contribution in [0.15, 0.2) is 41.9 Å². The minimum Gasteiger partial charge on any atom is -0.352 e. The predicted octanol–water partition coefficient (Wildman–Crippen LogP) is 4.19. The average Bonchev–Trinajstić information content (AvgIpc) is 3.52. The van der Waals surface area contributed by atoms with Crippen molar-refractivity contribution in [2.45, 2.75) is 50.2 Å². The van der Waals surface area contributed by atoms with Crippen molar-refractivity contribution in [3.8, 4) is 0 Å². The van der Waals surface area contributed by atoms with E-state index >= 15 is 0 Å². The molecule has 0 bridgehead atoms. The smallest absolute Gasteiger partial charge is 0.223 e. The van der Waals surface area contributed by atoms with E-state index in [9.17, 15) is 13.6 Å². The summed E-state index contributed by atoms with van der Waals surface area (Å²) in [5, 5.41) is 3.30. The Morgan fingerprint density at radius 2 is 1.97 bits per heavy atom. The van der Waals surface area contributed by atoms with Crippen molar-refractivity contribution in [1.82, 2.24) is 26.1 Å². The number of fused-ring (bicyclic) bond motifs is 2. The monoisotopic (exact) mass is 525 g/mol. The molecule has 6 nitrogen and oxygen atoms in total. The van der Waals surface area contributed by atoms with E-state index in [1.54, 1.807) is 11.3 Å². The lowest BCUT2D eigenvalue weighted by atomic mass is 9.74. The molecule has 3 aromatic rings. The maximum absolute atomic E-state index is 14.2. The molecule has 2 aromatic carbocycles. The number of amides is 1. The Morgan fingerprint density at radius 3 is 2.81 bits per heavy atom. The van der Waals surface area contributed by atoms with Crippen LogP contribution in [0.5, 0.6) is 0 Å². The average molecular weight is 526 g/mol. The zero-order valence-electron chi connectivity index (χ0n) is 20.9. The fourth-order valence-corrected chi connectivity index (χ4v) is 7.45. The van der Waals surface area contributed by atoms with Crippen molar-refractivity contribution in [3.05, 3.63) is 64.7 Å². The molecule has 6 rings (SSSR count). The van der Waals surface area contributed by atoms with Crippen LogP contribution in [-0.4, -0.2) is 48.0 Å². The number of carbonyl (C=O) groups excluding carboxylic acids is 1. The van der Waals surface area contributed by atoms with Gasteiger partial charge < -0.3 is 10.2 Å². The third-order valence-electron chi connectivity index (χ3n) is 8.46. The van der Waals surface area contributed by atoms with Crippen LogP contribution in [0, 0.1) is 29.4 Å². The number of nitrogens with one attached hydrogen (secondary N) is 3. The molecule has 1 aliphatic carbocycles. The largest absolute Gasteiger partial charge is 0.352 e. The lowest BCUT2D eigenvalue weighted by molar-refractivity contribution is -0.127. The van der Waals surface area contributed by atoms with E-state index in [1.165, 1.54) is 28.5 Å². The van der Waals surface area contributed by atoms with Crippen LogP contribution in [0.2, 0.25) is 0 Å². The van der Waals surface area contributed by atoms with E-state index in [2.05, 4.69) is 44.3 Å². The highest BCUT2D eigenvalue weighted by Crippen LogP contribution is 2.41. The Kier molecular flexibility index (Phi) is 6.96. The summed E-state index contributed by atoms with van der Waals surface area (Å²) in [5.41, 5.74) is 11.2. The van der Waals surface area contributed by atoms with Gasteiger partial charge >= 0.3 is 0 Å². The van der Waals surface area contributed by atoms with E-state index in [-0.39, 0.29) is 35.4 Å². The van der Waals surface area contributed by atoms with Gasteiger partial charge in [0.2, 0.25) is 5.91 Å². The van der Waals surface area contributed by atoms with Gasteiger partial charge in [-0.15, -0.1) is 11.3 Å². The molecule has 0 spiro atoms. The number of thiazole rings is 1. The van der Waals surface area contributed by atoms with E-state index in [1.807, 2.05) is 12.6 Å². The van der Waals surface area contributed by atoms with Gasteiger partial charge in [-0.05, 0) is 80.8 Å². The van der Waals surface area contributed by atoms with Crippen LogP contribution in [-0.2, 0) is 11.2 Å². The Labute approximate surface area is 219 Å². The first kappa shape index (κ1) is 24.9. The number of hydrogen-bond donors (Lipinski definition) is 3. The number of aromatic nitrogens is 1. The molecule has 9 heteroatoms. The second-order valence-corrected chi connectivity index (χ2v) is 11.9. The van der Waals surface area contributed by atoms with Crippen molar-refractivity contribution in [2.75, 3.05) is 20.1 Å². The first-order valence-corrected chi connectivity index (χ1v) is 14.1. The SMILES string of the molecule is CN1CC(Cc2c(F)cccc2F)CC(NC(=O)C2CCC3NNC(c4ccc5ncsc5c4)C3C2)C1. The summed E-state index contributed by atoms with van der Waals surface area (Å²) >= 11 is 1.65. The van der Waals surface area contributed by atoms with Crippen LogP contribution in [0.25, 0.3) is 10.2 Å². The van der Waals surface area contributed by atoms with Crippen molar-refractivity contribution >= 4 is 27.5 Å². The van der Waals surface area contributed by atoms with Crippen LogP contribution in [0.4, 0.5) is 8.78 Å². The molecule has 196 valence electrons. The van der Waals surface area contributed by atoms with Gasteiger partial charge in [-0.2, -0.15) is 0 Å². The molecule has 0 radical (unpaired) electrons. The standard InChI is InChI=1S/C28H33F2N5OS/c1-35-13-16(10-20-22(29)3-2-4-23(20)30)9-19(14-35)32-28(36)18-6-7-24-21(11-18)27(34-33-24)17-5-8-25-26(12-17)37-15-31-25/h2-5,8,12,15-16,18-19,21,24,27,33-34H,6-7,9-11,13-14H2,1H3,(H,32,36). The number of benzene rings is 2. The number of likely N-dealkylation sites (N-methyl/N-ethyl adjacent to an activating group) is 1. The van der Waals surface area contributed by atoms with E-state index < -0.39 is 11.6 Å². The van der Waals surface area contributed by atoms with Gasteiger partial charge in [-0.1, -0.05) is 12.1 Å². The molecule has 1 aromatic heterocycles. The second-order valence-electron chi connectivity index (χ2n) is 11.1. The topological polar surface area (TPSA) is 69.3 Å². The molecule has 6 unspecified atom stereocenters. The predicted molar refractivity (Wildman–Crippen MR) is 141 cm³/mol. The molecule has 2 saturated heterocycles. The van der Waals surface area contributed by atoms with E-state index in [4.69, 9.17) is 0 Å². The molecule has 3 N–H and O–H groups in total. The quantitative estimate of drug-likeness (QED) is 0.466. The highest BCUT2D eigenvalue weighted by atomic mass is 32.1. The number of rotatable bonds is 5.